The molecule has 2 aromatic heterocycles. The minimum atomic E-state index is -0.902. The molecule has 278 valence electrons. The maximum absolute atomic E-state index is 12.3. The van der Waals surface area contributed by atoms with Crippen LogP contribution in [-0.2, 0) is 0 Å². The van der Waals surface area contributed by atoms with Crippen LogP contribution in [0.3, 0.4) is 0 Å². The lowest BCUT2D eigenvalue weighted by Gasteiger charge is -2.14. The Bertz CT molecular complexity index is 2170. The maximum atomic E-state index is 12.3. The van der Waals surface area contributed by atoms with Crippen LogP contribution in [0.15, 0.2) is 124 Å². The van der Waals surface area contributed by atoms with E-state index in [0.29, 0.717) is 28.7 Å². The third kappa shape index (κ3) is 13.2. The molecule has 6 rings (SSSR count). The molecular weight excluding hydrogens is 816 g/mol. The molecule has 13 nitrogen and oxygen atoms in total. The van der Waals surface area contributed by atoms with Crippen LogP contribution in [0.4, 0.5) is 46.3 Å². The highest BCUT2D eigenvalue weighted by atomic mass is 79.9. The third-order valence-corrected chi connectivity index (χ3v) is 8.11. The second-order valence-corrected chi connectivity index (χ2v) is 13.8. The number of hydrogen-bond donors (Lipinski definition) is 5. The van der Waals surface area contributed by atoms with E-state index < -0.39 is 5.97 Å². The van der Waals surface area contributed by atoms with Crippen LogP contribution in [-0.4, -0.2) is 65.1 Å². The van der Waals surface area contributed by atoms with Crippen molar-refractivity contribution in [1.82, 2.24) is 19.9 Å². The van der Waals surface area contributed by atoms with Gasteiger partial charge in [-0.05, 0) is 97.9 Å². The van der Waals surface area contributed by atoms with Crippen molar-refractivity contribution < 1.29 is 14.7 Å². The average Bonchev–Trinajstić information content (AvgIpc) is 3.14. The molecule has 0 aliphatic carbocycles. The van der Waals surface area contributed by atoms with Crippen LogP contribution in [0, 0.1) is 6.92 Å². The number of nitrogens with zero attached hydrogens (tertiary/aromatic N) is 6. The number of rotatable bonds is 9. The summed E-state index contributed by atoms with van der Waals surface area (Å²) in [6.07, 6.45) is 1.72. The lowest BCUT2D eigenvalue weighted by Crippen LogP contribution is -2.13. The van der Waals surface area contributed by atoms with Gasteiger partial charge >= 0.3 is 5.97 Å². The average molecular weight is 857 g/mol. The van der Waals surface area contributed by atoms with Crippen LogP contribution < -0.4 is 31.5 Å². The molecule has 0 radical (unpaired) electrons. The summed E-state index contributed by atoms with van der Waals surface area (Å²) in [7, 11) is 7.76. The van der Waals surface area contributed by atoms with E-state index in [1.165, 1.54) is 0 Å². The molecule has 6 aromatic rings. The lowest BCUT2D eigenvalue weighted by atomic mass is 10.2. The number of anilines is 8. The van der Waals surface area contributed by atoms with E-state index >= 15 is 0 Å². The van der Waals surface area contributed by atoms with Crippen LogP contribution in [0.1, 0.15) is 26.4 Å². The topological polar surface area (TPSA) is 175 Å². The Morgan fingerprint density at radius 2 is 1.17 bits per heavy atom. The Balaban J connectivity index is 0.000000204. The molecule has 0 saturated carbocycles. The number of nitrogens with two attached hydrogens (primary N) is 1. The predicted molar refractivity (Wildman–Crippen MR) is 225 cm³/mol. The van der Waals surface area contributed by atoms with Crippen molar-refractivity contribution in [2.45, 2.75) is 6.92 Å². The van der Waals surface area contributed by atoms with Crippen LogP contribution in [0.2, 0.25) is 0 Å². The number of hydrogen-bond acceptors (Lipinski definition) is 11. The third-order valence-electron chi connectivity index (χ3n) is 7.12. The van der Waals surface area contributed by atoms with E-state index in [1.54, 1.807) is 42.6 Å². The number of halogens is 2. The zero-order valence-electron chi connectivity index (χ0n) is 30.2. The summed E-state index contributed by atoms with van der Waals surface area (Å²) in [4.78, 5) is 43.9. The number of amides is 1. The van der Waals surface area contributed by atoms with Gasteiger partial charge in [-0.15, -0.1) is 0 Å². The first kappa shape index (κ1) is 40.7. The van der Waals surface area contributed by atoms with Crippen molar-refractivity contribution in [3.05, 3.63) is 141 Å². The summed E-state index contributed by atoms with van der Waals surface area (Å²) in [6, 6.07) is 32.5. The van der Waals surface area contributed by atoms with Crippen molar-refractivity contribution in [3.8, 4) is 0 Å². The number of nitrogens with one attached hydrogen (secondary N) is 3. The normalized spacial score (nSPS) is 10.1. The summed E-state index contributed by atoms with van der Waals surface area (Å²) in [5.41, 5.74) is 10.6. The molecule has 0 saturated heterocycles. The number of nitrogen functional groups attached to an aromatic ring is 1. The smallest absolute Gasteiger partial charge is 0.335 e. The Hall–Kier alpha value is -6.06. The molecule has 4 aromatic carbocycles. The van der Waals surface area contributed by atoms with E-state index in [1.807, 2.05) is 118 Å². The zero-order valence-corrected chi connectivity index (χ0v) is 33.4. The number of carboxylic acid groups (broad SMARTS) is 1. The Labute approximate surface area is 331 Å². The van der Waals surface area contributed by atoms with Crippen molar-refractivity contribution >= 4 is 90.0 Å². The summed E-state index contributed by atoms with van der Waals surface area (Å²) in [5, 5.41) is 17.7. The fraction of sp³-hybridized carbons (Fsp3) is 0.128. The highest BCUT2D eigenvalue weighted by molar-refractivity contribution is 9.10. The Kier molecular flexibility index (Phi) is 14.8. The van der Waals surface area contributed by atoms with Gasteiger partial charge in [-0.1, -0.05) is 44.0 Å². The van der Waals surface area contributed by atoms with Crippen molar-refractivity contribution in [1.29, 1.82) is 0 Å². The summed E-state index contributed by atoms with van der Waals surface area (Å²) >= 11 is 6.54. The monoisotopic (exact) mass is 854 g/mol. The van der Waals surface area contributed by atoms with Gasteiger partial charge in [-0.25, -0.2) is 14.8 Å². The quantitative estimate of drug-likeness (QED) is 0.0878. The largest absolute Gasteiger partial charge is 0.478 e. The van der Waals surface area contributed by atoms with E-state index in [0.717, 1.165) is 43.3 Å². The van der Waals surface area contributed by atoms with Gasteiger partial charge in [0.25, 0.3) is 5.91 Å². The number of carbonyl (C=O) groups excluding carboxylic acids is 1. The molecule has 0 spiro atoms. The van der Waals surface area contributed by atoms with Gasteiger partial charge in [0.1, 0.15) is 11.6 Å². The van der Waals surface area contributed by atoms with Gasteiger partial charge in [-0.2, -0.15) is 9.97 Å². The summed E-state index contributed by atoms with van der Waals surface area (Å²) < 4.78 is 1.65. The second-order valence-electron chi connectivity index (χ2n) is 11.9. The minimum absolute atomic E-state index is 0.158. The van der Waals surface area contributed by atoms with Gasteiger partial charge in [-0.3, -0.25) is 4.79 Å². The molecule has 0 unspecified atom stereocenters. The molecule has 0 bridgehead atoms. The van der Waals surface area contributed by atoms with E-state index in [2.05, 4.69) is 67.7 Å². The molecule has 0 fully saturated rings. The van der Waals surface area contributed by atoms with Gasteiger partial charge < -0.3 is 36.6 Å². The molecule has 2 heterocycles. The van der Waals surface area contributed by atoms with Gasteiger partial charge in [0.05, 0.1) is 5.56 Å². The molecule has 6 N–H and O–H groups in total. The molecule has 0 aliphatic heterocycles. The van der Waals surface area contributed by atoms with Gasteiger partial charge in [0, 0.05) is 83.4 Å². The summed E-state index contributed by atoms with van der Waals surface area (Å²) in [6.45, 7) is 1.93. The molecule has 54 heavy (non-hydrogen) atoms. The summed E-state index contributed by atoms with van der Waals surface area (Å²) in [5.74, 6) is 1.74. The molecule has 0 atom stereocenters. The predicted octanol–water partition coefficient (Wildman–Crippen LogP) is 8.63. The number of aryl methyl sites for hydroxylation is 1. The maximum Gasteiger partial charge on any atom is 0.335 e. The lowest BCUT2D eigenvalue weighted by molar-refractivity contribution is 0.0696. The van der Waals surface area contributed by atoms with Crippen LogP contribution in [0.25, 0.3) is 0 Å². The van der Waals surface area contributed by atoms with Crippen molar-refractivity contribution in [2.75, 3.05) is 59.7 Å². The molecule has 0 aliphatic rings. The van der Waals surface area contributed by atoms with Gasteiger partial charge in [0.15, 0.2) is 0 Å². The fourth-order valence-corrected chi connectivity index (χ4v) is 5.21. The number of benzene rings is 4. The van der Waals surface area contributed by atoms with Crippen molar-refractivity contribution in [2.24, 2.45) is 0 Å². The highest BCUT2D eigenvalue weighted by Gasteiger charge is 2.08. The molecule has 15 heteroatoms. The van der Waals surface area contributed by atoms with E-state index in [9.17, 15) is 9.59 Å². The fourth-order valence-electron chi connectivity index (χ4n) is 4.41. The number of carboxylic acids is 1. The van der Waals surface area contributed by atoms with E-state index in [-0.39, 0.29) is 5.91 Å². The molecule has 1 amide bonds. The minimum Gasteiger partial charge on any atom is -0.478 e. The van der Waals surface area contributed by atoms with Crippen molar-refractivity contribution in [3.63, 3.8) is 0 Å². The van der Waals surface area contributed by atoms with E-state index in [4.69, 9.17) is 10.8 Å². The zero-order chi connectivity index (χ0) is 39.2. The van der Waals surface area contributed by atoms with Crippen LogP contribution >= 0.6 is 31.9 Å². The first-order chi connectivity index (χ1) is 25.7. The standard InChI is InChI=1S/C20H20BrN5O.C12H15N5.C7H5BrO2/c1-13-11-18(26(2)3)25-20(22-13)24-17-9-7-16(8-10-17)23-19(27)14-5-4-6-15(21)12-14;1-17(2)11-7-8-14-12(16-11)15-10-5-3-9(13)4-6-10;8-6-3-1-2-5(4-6)7(9)10/h4-12H,1-3H3,(H,23,27)(H,22,24,25);3-8H,13H2,1-2H3,(H,14,15,16);1-4H,(H,9,10). The first-order valence-corrected chi connectivity index (χ1v) is 17.9. The highest BCUT2D eigenvalue weighted by Crippen LogP contribution is 2.21. The number of aromatic nitrogens is 4. The first-order valence-electron chi connectivity index (χ1n) is 16.3. The SMILES string of the molecule is CN(C)c1ccnc(Nc2ccc(N)cc2)n1.Cc1cc(N(C)C)nc(Nc2ccc(NC(=O)c3cccc(Br)c3)cc2)n1.O=C(O)c1cccc(Br)c1. The second kappa shape index (κ2) is 19.7. The number of carbonyl (C=O) groups is 2. The molecular formula is C39H40Br2N10O3. The number of aromatic carboxylic acids is 1. The van der Waals surface area contributed by atoms with Crippen LogP contribution in [0.5, 0.6) is 0 Å². The Morgan fingerprint density at radius 3 is 1.72 bits per heavy atom. The Morgan fingerprint density at radius 1 is 0.648 bits per heavy atom. The van der Waals surface area contributed by atoms with Gasteiger partial charge in [0.2, 0.25) is 11.9 Å².